The minimum atomic E-state index is 0.227. The Balaban J connectivity index is 2.41. The van der Waals surface area contributed by atoms with Crippen LogP contribution in [0.5, 0.6) is 0 Å². The van der Waals surface area contributed by atoms with Crippen molar-refractivity contribution >= 4 is 5.78 Å². The zero-order chi connectivity index (χ0) is 8.97. The van der Waals surface area contributed by atoms with Crippen molar-refractivity contribution in [2.45, 2.75) is 32.2 Å². The van der Waals surface area contributed by atoms with Gasteiger partial charge in [0.05, 0.1) is 12.6 Å². The van der Waals surface area contributed by atoms with Crippen LogP contribution >= 0.6 is 0 Å². The zero-order valence-electron chi connectivity index (χ0n) is 7.42. The molecule has 0 saturated carbocycles. The Morgan fingerprint density at radius 2 is 2.50 bits per heavy atom. The van der Waals surface area contributed by atoms with Gasteiger partial charge in [0, 0.05) is 12.5 Å². The number of carbonyl (C=O) groups is 1. The molecular weight excluding hydrogens is 152 g/mol. The van der Waals surface area contributed by atoms with E-state index >= 15 is 0 Å². The number of hydrogen-bond acceptors (Lipinski definition) is 3. The standard InChI is InChI=1S/C9H14N2O/c1-8(12)7-9-3-2-5-11(9)6-4-10/h9H,2-3,5-7H2,1H3. The normalized spacial score (nSPS) is 23.8. The summed E-state index contributed by atoms with van der Waals surface area (Å²) in [7, 11) is 0. The van der Waals surface area contributed by atoms with Crippen LogP contribution in [0, 0.1) is 11.3 Å². The van der Waals surface area contributed by atoms with Crippen molar-refractivity contribution in [2.75, 3.05) is 13.1 Å². The first kappa shape index (κ1) is 9.21. The molecule has 3 nitrogen and oxygen atoms in total. The number of nitriles is 1. The molecule has 1 aliphatic heterocycles. The Hall–Kier alpha value is -0.880. The summed E-state index contributed by atoms with van der Waals surface area (Å²) in [5, 5.41) is 8.50. The van der Waals surface area contributed by atoms with Gasteiger partial charge in [0.2, 0.25) is 0 Å². The lowest BCUT2D eigenvalue weighted by Gasteiger charge is -2.19. The zero-order valence-corrected chi connectivity index (χ0v) is 7.42. The molecule has 0 aliphatic carbocycles. The number of ketones is 1. The van der Waals surface area contributed by atoms with Gasteiger partial charge in [-0.25, -0.2) is 0 Å². The van der Waals surface area contributed by atoms with Crippen LogP contribution in [0.15, 0.2) is 0 Å². The van der Waals surface area contributed by atoms with Gasteiger partial charge in [-0.1, -0.05) is 0 Å². The molecule has 66 valence electrons. The van der Waals surface area contributed by atoms with Gasteiger partial charge in [0.1, 0.15) is 5.78 Å². The smallest absolute Gasteiger partial charge is 0.131 e. The third-order valence-electron chi connectivity index (χ3n) is 2.30. The molecule has 1 rings (SSSR count). The van der Waals surface area contributed by atoms with Gasteiger partial charge in [-0.2, -0.15) is 5.26 Å². The Morgan fingerprint density at radius 1 is 1.75 bits per heavy atom. The number of carbonyl (C=O) groups excluding carboxylic acids is 1. The SMILES string of the molecule is CC(=O)CC1CCCN1CC#N. The van der Waals surface area contributed by atoms with E-state index in [1.165, 1.54) is 0 Å². The molecule has 0 spiro atoms. The molecule has 1 saturated heterocycles. The van der Waals surface area contributed by atoms with E-state index in [1.807, 2.05) is 0 Å². The summed E-state index contributed by atoms with van der Waals surface area (Å²) in [6.07, 6.45) is 2.81. The second-order valence-corrected chi connectivity index (χ2v) is 3.33. The molecule has 0 aromatic rings. The van der Waals surface area contributed by atoms with E-state index in [0.29, 0.717) is 19.0 Å². The number of Topliss-reactive ketones (excluding diaryl/α,β-unsaturated/α-hetero) is 1. The maximum Gasteiger partial charge on any atom is 0.131 e. The average molecular weight is 166 g/mol. The van der Waals surface area contributed by atoms with Crippen LogP contribution in [0.3, 0.4) is 0 Å². The summed E-state index contributed by atoms with van der Waals surface area (Å²) in [6.45, 7) is 3.06. The lowest BCUT2D eigenvalue weighted by Crippen LogP contribution is -2.31. The van der Waals surface area contributed by atoms with Crippen LogP contribution < -0.4 is 0 Å². The van der Waals surface area contributed by atoms with E-state index in [0.717, 1.165) is 19.4 Å². The molecule has 1 heterocycles. The lowest BCUT2D eigenvalue weighted by molar-refractivity contribution is -0.117. The van der Waals surface area contributed by atoms with Crippen LogP contribution in [-0.2, 0) is 4.79 Å². The number of hydrogen-bond donors (Lipinski definition) is 0. The minimum Gasteiger partial charge on any atom is -0.300 e. The fraction of sp³-hybridized carbons (Fsp3) is 0.778. The third-order valence-corrected chi connectivity index (χ3v) is 2.30. The van der Waals surface area contributed by atoms with Crippen LogP contribution in [0.4, 0.5) is 0 Å². The molecule has 0 bridgehead atoms. The molecule has 1 unspecified atom stereocenters. The predicted octanol–water partition coefficient (Wildman–Crippen LogP) is 0.953. The van der Waals surface area contributed by atoms with E-state index < -0.39 is 0 Å². The highest BCUT2D eigenvalue weighted by molar-refractivity contribution is 5.76. The quantitative estimate of drug-likeness (QED) is 0.586. The highest BCUT2D eigenvalue weighted by Crippen LogP contribution is 2.19. The van der Waals surface area contributed by atoms with E-state index in [4.69, 9.17) is 5.26 Å². The average Bonchev–Trinajstić information content (AvgIpc) is 2.37. The van der Waals surface area contributed by atoms with Crippen LogP contribution in [0.25, 0.3) is 0 Å². The van der Waals surface area contributed by atoms with Gasteiger partial charge in [-0.15, -0.1) is 0 Å². The molecule has 1 atom stereocenters. The Bertz CT molecular complexity index is 207. The first-order valence-corrected chi connectivity index (χ1v) is 4.34. The van der Waals surface area contributed by atoms with Gasteiger partial charge in [0.15, 0.2) is 0 Å². The molecule has 0 aromatic carbocycles. The second kappa shape index (κ2) is 4.22. The molecular formula is C9H14N2O. The van der Waals surface area contributed by atoms with E-state index in [2.05, 4.69) is 11.0 Å². The van der Waals surface area contributed by atoms with Crippen LogP contribution in [0.1, 0.15) is 26.2 Å². The van der Waals surface area contributed by atoms with E-state index in [1.54, 1.807) is 6.92 Å². The minimum absolute atomic E-state index is 0.227. The third kappa shape index (κ3) is 2.31. The van der Waals surface area contributed by atoms with Crippen molar-refractivity contribution in [1.29, 1.82) is 5.26 Å². The molecule has 0 radical (unpaired) electrons. The van der Waals surface area contributed by atoms with Crippen molar-refractivity contribution in [3.05, 3.63) is 0 Å². The van der Waals surface area contributed by atoms with Gasteiger partial charge >= 0.3 is 0 Å². The first-order chi connectivity index (χ1) is 5.74. The Kier molecular flexibility index (Phi) is 3.24. The van der Waals surface area contributed by atoms with Crippen LogP contribution in [0.2, 0.25) is 0 Å². The van der Waals surface area contributed by atoms with Crippen molar-refractivity contribution in [3.63, 3.8) is 0 Å². The first-order valence-electron chi connectivity index (χ1n) is 4.34. The number of nitrogens with zero attached hydrogens (tertiary/aromatic N) is 2. The highest BCUT2D eigenvalue weighted by Gasteiger charge is 2.24. The Morgan fingerprint density at radius 3 is 3.08 bits per heavy atom. The summed E-state index contributed by atoms with van der Waals surface area (Å²) in [5.74, 6) is 0.227. The Labute approximate surface area is 73.0 Å². The molecule has 1 fully saturated rings. The number of rotatable bonds is 3. The number of likely N-dealkylation sites (tertiary alicyclic amines) is 1. The fourth-order valence-corrected chi connectivity index (χ4v) is 1.76. The molecule has 0 amide bonds. The summed E-state index contributed by atoms with van der Waals surface area (Å²) in [5.41, 5.74) is 0. The van der Waals surface area contributed by atoms with E-state index in [-0.39, 0.29) is 5.78 Å². The summed E-state index contributed by atoms with van der Waals surface area (Å²) >= 11 is 0. The highest BCUT2D eigenvalue weighted by atomic mass is 16.1. The van der Waals surface area contributed by atoms with Crippen molar-refractivity contribution in [1.82, 2.24) is 4.90 Å². The van der Waals surface area contributed by atoms with Gasteiger partial charge in [-0.05, 0) is 26.3 Å². The van der Waals surface area contributed by atoms with E-state index in [9.17, 15) is 4.79 Å². The molecule has 0 aromatic heterocycles. The summed E-state index contributed by atoms with van der Waals surface area (Å²) < 4.78 is 0. The van der Waals surface area contributed by atoms with Crippen molar-refractivity contribution in [3.8, 4) is 6.07 Å². The summed E-state index contributed by atoms with van der Waals surface area (Å²) in [6, 6.07) is 2.46. The second-order valence-electron chi connectivity index (χ2n) is 3.33. The van der Waals surface area contributed by atoms with Crippen LogP contribution in [-0.4, -0.2) is 29.8 Å². The topological polar surface area (TPSA) is 44.1 Å². The van der Waals surface area contributed by atoms with Crippen molar-refractivity contribution < 1.29 is 4.79 Å². The molecule has 12 heavy (non-hydrogen) atoms. The lowest BCUT2D eigenvalue weighted by atomic mass is 10.1. The summed E-state index contributed by atoms with van der Waals surface area (Å²) in [4.78, 5) is 12.9. The predicted molar refractivity (Wildman–Crippen MR) is 45.5 cm³/mol. The van der Waals surface area contributed by atoms with Gasteiger partial charge in [0.25, 0.3) is 0 Å². The largest absolute Gasteiger partial charge is 0.300 e. The monoisotopic (exact) mass is 166 g/mol. The van der Waals surface area contributed by atoms with Gasteiger partial charge in [-0.3, -0.25) is 9.69 Å². The fourth-order valence-electron chi connectivity index (χ4n) is 1.76. The molecule has 1 aliphatic rings. The molecule has 3 heteroatoms. The maximum atomic E-state index is 10.8. The maximum absolute atomic E-state index is 10.8. The molecule has 0 N–H and O–H groups in total. The van der Waals surface area contributed by atoms with Crippen molar-refractivity contribution in [2.24, 2.45) is 0 Å². The van der Waals surface area contributed by atoms with Gasteiger partial charge < -0.3 is 0 Å².